The summed E-state index contributed by atoms with van der Waals surface area (Å²) in [6.45, 7) is 1.67. The molecule has 4 rings (SSSR count). The molecule has 1 aliphatic rings. The summed E-state index contributed by atoms with van der Waals surface area (Å²) >= 11 is 0. The highest BCUT2D eigenvalue weighted by Gasteiger charge is 2.32. The zero-order chi connectivity index (χ0) is 15.8. The number of hydrogen-bond acceptors (Lipinski definition) is 7. The summed E-state index contributed by atoms with van der Waals surface area (Å²) in [6.07, 6.45) is 5.18. The maximum Gasteiger partial charge on any atom is 0.226 e. The number of rotatable bonds is 3. The van der Waals surface area contributed by atoms with Crippen LogP contribution in [0.5, 0.6) is 0 Å². The zero-order valence-corrected chi connectivity index (χ0v) is 12.5. The Morgan fingerprint density at radius 1 is 1.22 bits per heavy atom. The Hall–Kier alpha value is -3.21. The minimum atomic E-state index is 0.296. The van der Waals surface area contributed by atoms with E-state index in [0.29, 0.717) is 17.7 Å². The number of nitriles is 1. The second-order valence-corrected chi connectivity index (χ2v) is 5.44. The van der Waals surface area contributed by atoms with Gasteiger partial charge in [-0.3, -0.25) is 0 Å². The molecule has 0 bridgehead atoms. The fourth-order valence-electron chi connectivity index (χ4n) is 2.61. The molecule has 0 aromatic carbocycles. The molecule has 1 fully saturated rings. The van der Waals surface area contributed by atoms with Crippen molar-refractivity contribution in [2.24, 2.45) is 0 Å². The quantitative estimate of drug-likeness (QED) is 0.704. The standard InChI is InChI=1S/C15H14N8/c1-21(15-18-5-4-11(8-16)19-15)12-9-22(10-12)14-3-2-13-17-6-7-23(13)20-14/h2-7,12H,9-10H2,1H3. The van der Waals surface area contributed by atoms with E-state index in [0.717, 1.165) is 24.6 Å². The number of fused-ring (bicyclic) bond motifs is 1. The van der Waals surface area contributed by atoms with Crippen LogP contribution in [0.15, 0.2) is 36.8 Å². The number of likely N-dealkylation sites (N-methyl/N-ethyl adjacent to an activating group) is 1. The Labute approximate surface area is 132 Å². The van der Waals surface area contributed by atoms with Crippen molar-refractivity contribution < 1.29 is 0 Å². The molecule has 0 amide bonds. The molecule has 0 spiro atoms. The lowest BCUT2D eigenvalue weighted by molar-refractivity contribution is 0.484. The van der Waals surface area contributed by atoms with E-state index in [1.54, 1.807) is 23.0 Å². The van der Waals surface area contributed by atoms with Gasteiger partial charge in [-0.15, -0.1) is 5.10 Å². The van der Waals surface area contributed by atoms with Crippen LogP contribution in [0.3, 0.4) is 0 Å². The summed E-state index contributed by atoms with van der Waals surface area (Å²) in [5.41, 5.74) is 1.22. The highest BCUT2D eigenvalue weighted by atomic mass is 15.4. The second-order valence-electron chi connectivity index (χ2n) is 5.44. The highest BCUT2D eigenvalue weighted by Crippen LogP contribution is 2.23. The van der Waals surface area contributed by atoms with Gasteiger partial charge in [-0.05, 0) is 18.2 Å². The van der Waals surface area contributed by atoms with Crippen LogP contribution in [0.4, 0.5) is 11.8 Å². The molecule has 0 atom stereocenters. The van der Waals surface area contributed by atoms with Gasteiger partial charge in [0.2, 0.25) is 5.95 Å². The van der Waals surface area contributed by atoms with Crippen molar-refractivity contribution in [2.45, 2.75) is 6.04 Å². The van der Waals surface area contributed by atoms with Crippen molar-refractivity contribution in [3.05, 3.63) is 42.5 Å². The Bertz CT molecular complexity index is 890. The molecule has 0 aliphatic carbocycles. The van der Waals surface area contributed by atoms with Gasteiger partial charge >= 0.3 is 0 Å². The number of hydrogen-bond donors (Lipinski definition) is 0. The van der Waals surface area contributed by atoms with Crippen LogP contribution in [0.25, 0.3) is 5.65 Å². The van der Waals surface area contributed by atoms with Gasteiger partial charge in [-0.25, -0.2) is 19.5 Å². The molecule has 23 heavy (non-hydrogen) atoms. The molecule has 8 nitrogen and oxygen atoms in total. The smallest absolute Gasteiger partial charge is 0.226 e. The van der Waals surface area contributed by atoms with Crippen LogP contribution < -0.4 is 9.80 Å². The third kappa shape index (κ3) is 2.32. The number of aromatic nitrogens is 5. The van der Waals surface area contributed by atoms with Crippen LogP contribution in [0.2, 0.25) is 0 Å². The average molecular weight is 306 g/mol. The number of anilines is 2. The van der Waals surface area contributed by atoms with Gasteiger partial charge in [0.05, 0.1) is 6.04 Å². The topological polar surface area (TPSA) is 86.2 Å². The van der Waals surface area contributed by atoms with Crippen molar-refractivity contribution in [3.63, 3.8) is 0 Å². The molecule has 114 valence electrons. The van der Waals surface area contributed by atoms with Gasteiger partial charge in [0.1, 0.15) is 17.6 Å². The number of nitrogens with zero attached hydrogens (tertiary/aromatic N) is 8. The van der Waals surface area contributed by atoms with Crippen molar-refractivity contribution in [3.8, 4) is 6.07 Å². The fourth-order valence-corrected chi connectivity index (χ4v) is 2.61. The molecule has 0 saturated carbocycles. The molecule has 1 aliphatic heterocycles. The molecule has 3 aromatic heterocycles. The summed E-state index contributed by atoms with van der Waals surface area (Å²) < 4.78 is 1.77. The van der Waals surface area contributed by atoms with E-state index in [2.05, 4.69) is 25.0 Å². The van der Waals surface area contributed by atoms with E-state index in [1.807, 2.05) is 36.3 Å². The first kappa shape index (κ1) is 13.5. The van der Waals surface area contributed by atoms with Crippen LogP contribution in [0, 0.1) is 11.3 Å². The maximum atomic E-state index is 8.93. The highest BCUT2D eigenvalue weighted by molar-refractivity contribution is 5.49. The van der Waals surface area contributed by atoms with Gasteiger partial charge in [-0.2, -0.15) is 5.26 Å². The molecule has 0 radical (unpaired) electrons. The van der Waals surface area contributed by atoms with Gasteiger partial charge in [-0.1, -0.05) is 0 Å². The van der Waals surface area contributed by atoms with E-state index in [1.165, 1.54) is 0 Å². The van der Waals surface area contributed by atoms with E-state index in [4.69, 9.17) is 5.26 Å². The molecule has 4 heterocycles. The lowest BCUT2D eigenvalue weighted by Crippen LogP contribution is -2.59. The first-order chi connectivity index (χ1) is 11.2. The van der Waals surface area contributed by atoms with E-state index in [9.17, 15) is 0 Å². The predicted octanol–water partition coefficient (Wildman–Crippen LogP) is 0.716. The third-order valence-corrected chi connectivity index (χ3v) is 4.05. The SMILES string of the molecule is CN(c1nccc(C#N)n1)C1CN(c2ccc3nccn3n2)C1. The molecule has 1 saturated heterocycles. The van der Waals surface area contributed by atoms with Gasteiger partial charge in [0, 0.05) is 38.7 Å². The van der Waals surface area contributed by atoms with Crippen molar-refractivity contribution >= 4 is 17.4 Å². The summed E-state index contributed by atoms with van der Waals surface area (Å²) in [6, 6.07) is 7.88. The monoisotopic (exact) mass is 306 g/mol. The third-order valence-electron chi connectivity index (χ3n) is 4.05. The Morgan fingerprint density at radius 2 is 2.09 bits per heavy atom. The van der Waals surface area contributed by atoms with E-state index >= 15 is 0 Å². The lowest BCUT2D eigenvalue weighted by Gasteiger charge is -2.44. The summed E-state index contributed by atoms with van der Waals surface area (Å²) in [5, 5.41) is 13.5. The van der Waals surface area contributed by atoms with Gasteiger partial charge in [0.25, 0.3) is 0 Å². The number of imidazole rings is 1. The van der Waals surface area contributed by atoms with Crippen molar-refractivity contribution in [1.29, 1.82) is 5.26 Å². The first-order valence-electron chi connectivity index (χ1n) is 7.26. The molecule has 0 unspecified atom stereocenters. The molecule has 8 heteroatoms. The summed E-state index contributed by atoms with van der Waals surface area (Å²) in [4.78, 5) is 16.9. The summed E-state index contributed by atoms with van der Waals surface area (Å²) in [5.74, 6) is 1.50. The Kier molecular flexibility index (Phi) is 3.05. The van der Waals surface area contributed by atoms with Crippen LogP contribution >= 0.6 is 0 Å². The van der Waals surface area contributed by atoms with Crippen LogP contribution in [-0.4, -0.2) is 50.7 Å². The van der Waals surface area contributed by atoms with E-state index < -0.39 is 0 Å². The van der Waals surface area contributed by atoms with Gasteiger partial charge < -0.3 is 9.80 Å². The Balaban J connectivity index is 1.47. The van der Waals surface area contributed by atoms with Crippen molar-refractivity contribution in [1.82, 2.24) is 24.6 Å². The second kappa shape index (κ2) is 5.21. The summed E-state index contributed by atoms with van der Waals surface area (Å²) in [7, 11) is 1.95. The molecule has 3 aromatic rings. The van der Waals surface area contributed by atoms with E-state index in [-0.39, 0.29) is 0 Å². The Morgan fingerprint density at radius 3 is 2.91 bits per heavy atom. The minimum absolute atomic E-state index is 0.296. The van der Waals surface area contributed by atoms with Crippen molar-refractivity contribution in [2.75, 3.05) is 29.9 Å². The maximum absolute atomic E-state index is 8.93. The average Bonchev–Trinajstić information content (AvgIpc) is 3.01. The molecule has 0 N–H and O–H groups in total. The normalized spacial score (nSPS) is 14.5. The molecular formula is C15H14N8. The predicted molar refractivity (Wildman–Crippen MR) is 84.1 cm³/mol. The minimum Gasteiger partial charge on any atom is -0.351 e. The van der Waals surface area contributed by atoms with Crippen LogP contribution in [-0.2, 0) is 0 Å². The first-order valence-corrected chi connectivity index (χ1v) is 7.26. The fraction of sp³-hybridized carbons (Fsp3) is 0.267. The zero-order valence-electron chi connectivity index (χ0n) is 12.5. The molecular weight excluding hydrogens is 292 g/mol. The lowest BCUT2D eigenvalue weighted by atomic mass is 10.1. The van der Waals surface area contributed by atoms with Gasteiger partial charge in [0.15, 0.2) is 5.65 Å². The largest absolute Gasteiger partial charge is 0.351 e. The van der Waals surface area contributed by atoms with Crippen LogP contribution in [0.1, 0.15) is 5.69 Å².